The summed E-state index contributed by atoms with van der Waals surface area (Å²) < 4.78 is 26.8. The van der Waals surface area contributed by atoms with Gasteiger partial charge in [-0.05, 0) is 62.4 Å². The van der Waals surface area contributed by atoms with Gasteiger partial charge in [-0.2, -0.15) is 0 Å². The zero-order chi connectivity index (χ0) is 22.0. The maximum Gasteiger partial charge on any atom is 0.255 e. The van der Waals surface area contributed by atoms with Gasteiger partial charge in [0.1, 0.15) is 0 Å². The van der Waals surface area contributed by atoms with Crippen LogP contribution in [-0.4, -0.2) is 27.3 Å². The summed E-state index contributed by atoms with van der Waals surface area (Å²) in [6.45, 7) is 8.88. The van der Waals surface area contributed by atoms with Gasteiger partial charge in [-0.15, -0.1) is 0 Å². The predicted molar refractivity (Wildman–Crippen MR) is 115 cm³/mol. The van der Waals surface area contributed by atoms with E-state index in [-0.39, 0.29) is 16.4 Å². The first kappa shape index (κ1) is 22.6. The van der Waals surface area contributed by atoms with Crippen molar-refractivity contribution in [2.75, 3.05) is 17.7 Å². The number of carbonyl (C=O) groups is 2. The van der Waals surface area contributed by atoms with Crippen LogP contribution in [0, 0.1) is 19.3 Å². The van der Waals surface area contributed by atoms with Gasteiger partial charge in [-0.1, -0.05) is 26.8 Å². The highest BCUT2D eigenvalue weighted by molar-refractivity contribution is 7.89. The van der Waals surface area contributed by atoms with Gasteiger partial charge in [0.05, 0.1) is 4.90 Å². The van der Waals surface area contributed by atoms with Crippen molar-refractivity contribution in [1.82, 2.24) is 4.72 Å². The van der Waals surface area contributed by atoms with Gasteiger partial charge < -0.3 is 10.6 Å². The van der Waals surface area contributed by atoms with Gasteiger partial charge in [-0.25, -0.2) is 13.1 Å². The van der Waals surface area contributed by atoms with E-state index in [1.165, 1.54) is 13.1 Å². The number of benzene rings is 2. The summed E-state index contributed by atoms with van der Waals surface area (Å²) in [6.07, 6.45) is 0. The minimum absolute atomic E-state index is 0.0661. The molecule has 2 aromatic carbocycles. The molecule has 156 valence electrons. The van der Waals surface area contributed by atoms with Crippen LogP contribution in [-0.2, 0) is 14.8 Å². The molecular weight excluding hydrogens is 390 g/mol. The van der Waals surface area contributed by atoms with Crippen molar-refractivity contribution < 1.29 is 18.0 Å². The quantitative estimate of drug-likeness (QED) is 0.693. The zero-order valence-electron chi connectivity index (χ0n) is 17.5. The maximum atomic E-state index is 12.7. The minimum Gasteiger partial charge on any atom is -0.326 e. The second-order valence-corrected chi connectivity index (χ2v) is 9.72. The summed E-state index contributed by atoms with van der Waals surface area (Å²) >= 11 is 0. The Morgan fingerprint density at radius 2 is 1.52 bits per heavy atom. The summed E-state index contributed by atoms with van der Waals surface area (Å²) in [4.78, 5) is 24.9. The van der Waals surface area contributed by atoms with Crippen LogP contribution in [0.4, 0.5) is 11.4 Å². The summed E-state index contributed by atoms with van der Waals surface area (Å²) in [6, 6.07) is 9.78. The first-order chi connectivity index (χ1) is 13.3. The van der Waals surface area contributed by atoms with Gasteiger partial charge in [-0.3, -0.25) is 9.59 Å². The number of amides is 2. The molecule has 2 aromatic rings. The molecule has 0 saturated heterocycles. The second-order valence-electron chi connectivity index (χ2n) is 7.86. The number of carbonyl (C=O) groups excluding carboxylic acids is 2. The molecule has 0 atom stereocenters. The monoisotopic (exact) mass is 417 g/mol. The summed E-state index contributed by atoms with van der Waals surface area (Å²) in [5, 5.41) is 5.56. The summed E-state index contributed by atoms with van der Waals surface area (Å²) in [7, 11) is -2.36. The Hall–Kier alpha value is -2.71. The lowest BCUT2D eigenvalue weighted by Crippen LogP contribution is -2.27. The fraction of sp³-hybridized carbons (Fsp3) is 0.333. The van der Waals surface area contributed by atoms with Crippen molar-refractivity contribution in [2.45, 2.75) is 39.5 Å². The minimum atomic E-state index is -3.69. The highest BCUT2D eigenvalue weighted by Crippen LogP contribution is 2.23. The second kappa shape index (κ2) is 8.34. The van der Waals surface area contributed by atoms with Crippen molar-refractivity contribution in [3.05, 3.63) is 53.1 Å². The van der Waals surface area contributed by atoms with Crippen LogP contribution in [0.1, 0.15) is 42.3 Å². The Bertz CT molecular complexity index is 1050. The van der Waals surface area contributed by atoms with E-state index in [1.54, 1.807) is 44.2 Å². The number of aryl methyl sites for hydroxylation is 1. The van der Waals surface area contributed by atoms with Crippen molar-refractivity contribution >= 4 is 33.2 Å². The van der Waals surface area contributed by atoms with Gasteiger partial charge in [0.2, 0.25) is 15.9 Å². The number of anilines is 2. The summed E-state index contributed by atoms with van der Waals surface area (Å²) in [5.41, 5.74) is 2.00. The highest BCUT2D eigenvalue weighted by Gasteiger charge is 2.22. The Balaban J connectivity index is 2.30. The highest BCUT2D eigenvalue weighted by atomic mass is 32.2. The largest absolute Gasteiger partial charge is 0.326 e. The van der Waals surface area contributed by atoms with Crippen LogP contribution in [0.15, 0.2) is 41.3 Å². The molecule has 0 spiro atoms. The van der Waals surface area contributed by atoms with Crippen LogP contribution in [0.25, 0.3) is 0 Å². The third-order valence-corrected chi connectivity index (χ3v) is 6.04. The van der Waals surface area contributed by atoms with Crippen LogP contribution in [0.5, 0.6) is 0 Å². The Labute approximate surface area is 172 Å². The third kappa shape index (κ3) is 5.42. The third-order valence-electron chi connectivity index (χ3n) is 4.50. The normalized spacial score (nSPS) is 11.8. The topological polar surface area (TPSA) is 104 Å². The Morgan fingerprint density at radius 1 is 0.931 bits per heavy atom. The zero-order valence-corrected chi connectivity index (χ0v) is 18.3. The van der Waals surface area contributed by atoms with Gasteiger partial charge >= 0.3 is 0 Å². The molecule has 0 aliphatic heterocycles. The maximum absolute atomic E-state index is 12.7. The molecule has 0 aliphatic carbocycles. The van der Waals surface area contributed by atoms with Crippen LogP contribution >= 0.6 is 0 Å². The first-order valence-corrected chi connectivity index (χ1v) is 10.6. The van der Waals surface area contributed by atoms with Crippen molar-refractivity contribution in [3.8, 4) is 0 Å². The molecule has 0 aromatic heterocycles. The van der Waals surface area contributed by atoms with Crippen LogP contribution in [0.2, 0.25) is 0 Å². The SMILES string of the molecule is CNS(=O)(=O)c1cc(C(=O)Nc2cccc(NC(=O)C(C)(C)C)c2)cc(C)c1C. The number of sulfonamides is 1. The lowest BCUT2D eigenvalue weighted by Gasteiger charge is -2.18. The standard InChI is InChI=1S/C21H27N3O4S/c1-13-10-15(11-18(14(13)2)29(27,28)22-6)19(25)23-16-8-7-9-17(12-16)24-20(26)21(3,4)5/h7-12,22H,1-6H3,(H,23,25)(H,24,26). The number of rotatable bonds is 5. The lowest BCUT2D eigenvalue weighted by molar-refractivity contribution is -0.123. The molecule has 2 amide bonds. The van der Waals surface area contributed by atoms with Crippen LogP contribution in [0.3, 0.4) is 0 Å². The van der Waals surface area contributed by atoms with Crippen molar-refractivity contribution in [3.63, 3.8) is 0 Å². The Kier molecular flexibility index (Phi) is 6.50. The predicted octanol–water partition coefficient (Wildman–Crippen LogP) is 3.45. The lowest BCUT2D eigenvalue weighted by atomic mass is 9.95. The molecule has 8 heteroatoms. The fourth-order valence-electron chi connectivity index (χ4n) is 2.54. The molecule has 0 saturated carbocycles. The van der Waals surface area contributed by atoms with Gasteiger partial charge in [0.25, 0.3) is 5.91 Å². The van der Waals surface area contributed by atoms with E-state index in [4.69, 9.17) is 0 Å². The number of hydrogen-bond donors (Lipinski definition) is 3. The molecule has 0 aliphatic rings. The average Bonchev–Trinajstić information content (AvgIpc) is 2.63. The molecule has 0 unspecified atom stereocenters. The van der Waals surface area contributed by atoms with E-state index in [0.29, 0.717) is 22.5 Å². The number of hydrogen-bond acceptors (Lipinski definition) is 4. The molecular formula is C21H27N3O4S. The average molecular weight is 418 g/mol. The molecule has 0 fully saturated rings. The van der Waals surface area contributed by atoms with E-state index >= 15 is 0 Å². The van der Waals surface area contributed by atoms with E-state index < -0.39 is 21.3 Å². The van der Waals surface area contributed by atoms with Crippen LogP contribution < -0.4 is 15.4 Å². The summed E-state index contributed by atoms with van der Waals surface area (Å²) in [5.74, 6) is -0.586. The molecule has 0 radical (unpaired) electrons. The molecule has 0 heterocycles. The van der Waals surface area contributed by atoms with Gasteiger partial charge in [0.15, 0.2) is 0 Å². The van der Waals surface area contributed by atoms with Crippen molar-refractivity contribution in [1.29, 1.82) is 0 Å². The fourth-order valence-corrected chi connectivity index (χ4v) is 3.61. The molecule has 3 N–H and O–H groups in total. The molecule has 7 nitrogen and oxygen atoms in total. The van der Waals surface area contributed by atoms with Crippen molar-refractivity contribution in [2.24, 2.45) is 5.41 Å². The molecule has 0 bridgehead atoms. The number of nitrogens with one attached hydrogen (secondary N) is 3. The molecule has 29 heavy (non-hydrogen) atoms. The first-order valence-electron chi connectivity index (χ1n) is 9.13. The van der Waals surface area contributed by atoms with E-state index in [1.807, 2.05) is 20.8 Å². The van der Waals surface area contributed by atoms with E-state index in [2.05, 4.69) is 15.4 Å². The smallest absolute Gasteiger partial charge is 0.255 e. The van der Waals surface area contributed by atoms with E-state index in [9.17, 15) is 18.0 Å². The van der Waals surface area contributed by atoms with E-state index in [0.717, 1.165) is 0 Å². The Morgan fingerprint density at radius 3 is 2.07 bits per heavy atom. The molecule has 2 rings (SSSR count). The van der Waals surface area contributed by atoms with Gasteiger partial charge in [0, 0.05) is 22.4 Å².